The molecule has 0 aliphatic heterocycles. The first-order chi connectivity index (χ1) is 9.27. The average Bonchev–Trinajstić information content (AvgIpc) is 2.70. The van der Waals surface area contributed by atoms with Gasteiger partial charge in [0, 0.05) is 11.6 Å². The Morgan fingerprint density at radius 3 is 2.60 bits per heavy atom. The molecule has 1 amide bonds. The maximum Gasteiger partial charge on any atom is 0.256 e. The second-order valence-electron chi connectivity index (χ2n) is 5.76. The monoisotopic (exact) mass is 273 g/mol. The number of carbonyl (C=O) groups excluding carboxylic acids is 1. The van der Waals surface area contributed by atoms with Crippen LogP contribution in [0.5, 0.6) is 5.75 Å². The number of nitrogens with one attached hydrogen (secondary N) is 1. The Morgan fingerprint density at radius 1 is 1.30 bits per heavy atom. The second-order valence-corrected chi connectivity index (χ2v) is 5.76. The number of nitrogens with zero attached hydrogens (tertiary/aromatic N) is 2. The first-order valence-electron chi connectivity index (χ1n) is 6.45. The van der Waals surface area contributed by atoms with E-state index in [1.807, 2.05) is 33.8 Å². The zero-order valence-corrected chi connectivity index (χ0v) is 12.1. The Bertz CT molecular complexity index is 639. The van der Waals surface area contributed by atoms with Gasteiger partial charge in [0.15, 0.2) is 0 Å². The van der Waals surface area contributed by atoms with Crippen molar-refractivity contribution >= 4 is 11.7 Å². The number of rotatable bonds is 2. The number of aromatic hydroxyl groups is 1. The van der Waals surface area contributed by atoms with Crippen LogP contribution in [0.3, 0.4) is 0 Å². The molecule has 20 heavy (non-hydrogen) atoms. The van der Waals surface area contributed by atoms with Gasteiger partial charge in [0.25, 0.3) is 5.91 Å². The maximum atomic E-state index is 12.2. The smallest absolute Gasteiger partial charge is 0.256 e. The van der Waals surface area contributed by atoms with Gasteiger partial charge in [-0.25, -0.2) is 4.68 Å². The van der Waals surface area contributed by atoms with Crippen molar-refractivity contribution in [3.8, 4) is 5.75 Å². The van der Waals surface area contributed by atoms with Crippen molar-refractivity contribution in [2.75, 3.05) is 5.32 Å². The molecule has 2 aromatic rings. The number of aryl methyl sites for hydroxylation is 1. The van der Waals surface area contributed by atoms with Gasteiger partial charge in [0.1, 0.15) is 11.6 Å². The minimum Gasteiger partial charge on any atom is -0.508 e. The number of carbonyl (C=O) groups is 1. The molecule has 0 fully saturated rings. The van der Waals surface area contributed by atoms with Crippen molar-refractivity contribution in [1.29, 1.82) is 0 Å². The van der Waals surface area contributed by atoms with E-state index in [0.29, 0.717) is 11.4 Å². The Hall–Kier alpha value is -2.30. The van der Waals surface area contributed by atoms with E-state index in [-0.39, 0.29) is 17.2 Å². The molecule has 5 nitrogen and oxygen atoms in total. The molecule has 2 N–H and O–H groups in total. The van der Waals surface area contributed by atoms with Crippen molar-refractivity contribution in [3.63, 3.8) is 0 Å². The van der Waals surface area contributed by atoms with Crippen LogP contribution in [0.25, 0.3) is 0 Å². The summed E-state index contributed by atoms with van der Waals surface area (Å²) in [5.74, 6) is 0.438. The molecule has 0 spiro atoms. The lowest BCUT2D eigenvalue weighted by Gasteiger charge is -2.22. The molecule has 1 heterocycles. The summed E-state index contributed by atoms with van der Waals surface area (Å²) >= 11 is 0. The standard InChI is InChI=1S/C15H19N3O2/c1-10-8-13(18(17-10)15(2,3)4)16-14(20)11-6-5-7-12(19)9-11/h5-9,19H,1-4H3,(H,16,20). The molecule has 0 saturated heterocycles. The minimum atomic E-state index is -0.272. The fourth-order valence-electron chi connectivity index (χ4n) is 1.94. The predicted molar refractivity (Wildman–Crippen MR) is 78.0 cm³/mol. The third kappa shape index (κ3) is 2.99. The number of aromatic nitrogens is 2. The van der Waals surface area contributed by atoms with Gasteiger partial charge >= 0.3 is 0 Å². The first kappa shape index (κ1) is 14.1. The average molecular weight is 273 g/mol. The van der Waals surface area contributed by atoms with Crippen molar-refractivity contribution in [3.05, 3.63) is 41.6 Å². The zero-order chi connectivity index (χ0) is 14.9. The summed E-state index contributed by atoms with van der Waals surface area (Å²) < 4.78 is 1.78. The van der Waals surface area contributed by atoms with Gasteiger partial charge in [0.2, 0.25) is 0 Å². The van der Waals surface area contributed by atoms with Crippen LogP contribution in [-0.4, -0.2) is 20.8 Å². The van der Waals surface area contributed by atoms with Gasteiger partial charge in [-0.2, -0.15) is 5.10 Å². The van der Waals surface area contributed by atoms with E-state index in [1.165, 1.54) is 12.1 Å². The van der Waals surface area contributed by atoms with Crippen LogP contribution < -0.4 is 5.32 Å². The van der Waals surface area contributed by atoms with Crippen LogP contribution in [0.4, 0.5) is 5.82 Å². The third-order valence-corrected chi connectivity index (χ3v) is 2.82. The van der Waals surface area contributed by atoms with Crippen molar-refractivity contribution in [2.45, 2.75) is 33.2 Å². The summed E-state index contributed by atoms with van der Waals surface area (Å²) in [4.78, 5) is 12.2. The molecule has 0 saturated carbocycles. The maximum absolute atomic E-state index is 12.2. The van der Waals surface area contributed by atoms with E-state index in [4.69, 9.17) is 0 Å². The zero-order valence-electron chi connectivity index (χ0n) is 12.1. The third-order valence-electron chi connectivity index (χ3n) is 2.82. The second kappa shape index (κ2) is 5.00. The molecule has 0 radical (unpaired) electrons. The van der Waals surface area contributed by atoms with E-state index >= 15 is 0 Å². The largest absolute Gasteiger partial charge is 0.508 e. The van der Waals surface area contributed by atoms with E-state index in [2.05, 4.69) is 10.4 Å². The molecule has 1 aromatic heterocycles. The Morgan fingerprint density at radius 2 is 2.00 bits per heavy atom. The number of hydrogen-bond acceptors (Lipinski definition) is 3. The van der Waals surface area contributed by atoms with E-state index in [1.54, 1.807) is 16.8 Å². The van der Waals surface area contributed by atoms with Gasteiger partial charge in [0.05, 0.1) is 11.2 Å². The van der Waals surface area contributed by atoms with Gasteiger partial charge in [-0.1, -0.05) is 6.07 Å². The highest BCUT2D eigenvalue weighted by atomic mass is 16.3. The van der Waals surface area contributed by atoms with Crippen LogP contribution in [0.2, 0.25) is 0 Å². The normalized spacial score (nSPS) is 11.4. The first-order valence-corrected chi connectivity index (χ1v) is 6.45. The molecule has 0 aliphatic rings. The Labute approximate surface area is 118 Å². The fourth-order valence-corrected chi connectivity index (χ4v) is 1.94. The molecule has 2 rings (SSSR count). The van der Waals surface area contributed by atoms with Gasteiger partial charge in [-0.15, -0.1) is 0 Å². The van der Waals surface area contributed by atoms with Crippen LogP contribution >= 0.6 is 0 Å². The van der Waals surface area contributed by atoms with Crippen molar-refractivity contribution in [2.24, 2.45) is 0 Å². The molecular weight excluding hydrogens is 254 g/mol. The summed E-state index contributed by atoms with van der Waals surface area (Å²) in [5, 5.41) is 16.6. The summed E-state index contributed by atoms with van der Waals surface area (Å²) in [6, 6.07) is 8.07. The number of amides is 1. The number of benzene rings is 1. The molecule has 0 unspecified atom stereocenters. The van der Waals surface area contributed by atoms with Gasteiger partial charge in [-0.05, 0) is 45.9 Å². The Balaban J connectivity index is 2.29. The molecule has 0 atom stereocenters. The molecular formula is C15H19N3O2. The number of phenolic OH excluding ortho intramolecular Hbond substituents is 1. The highest BCUT2D eigenvalue weighted by molar-refractivity contribution is 6.04. The van der Waals surface area contributed by atoms with Crippen molar-refractivity contribution < 1.29 is 9.90 Å². The summed E-state index contributed by atoms with van der Waals surface area (Å²) in [7, 11) is 0. The number of hydrogen-bond donors (Lipinski definition) is 2. The summed E-state index contributed by atoms with van der Waals surface area (Å²) in [5.41, 5.74) is 1.02. The lowest BCUT2D eigenvalue weighted by molar-refractivity contribution is 0.102. The van der Waals surface area contributed by atoms with Crippen LogP contribution in [-0.2, 0) is 5.54 Å². The van der Waals surface area contributed by atoms with Crippen molar-refractivity contribution in [1.82, 2.24) is 9.78 Å². The van der Waals surface area contributed by atoms with Crippen LogP contribution in [0, 0.1) is 6.92 Å². The lowest BCUT2D eigenvalue weighted by atomic mass is 10.1. The van der Waals surface area contributed by atoms with E-state index in [0.717, 1.165) is 5.69 Å². The summed E-state index contributed by atoms with van der Waals surface area (Å²) in [6.07, 6.45) is 0. The minimum absolute atomic E-state index is 0.0677. The molecule has 0 bridgehead atoms. The molecule has 106 valence electrons. The fraction of sp³-hybridized carbons (Fsp3) is 0.333. The Kier molecular flexibility index (Phi) is 3.53. The molecule has 0 aliphatic carbocycles. The number of anilines is 1. The highest BCUT2D eigenvalue weighted by Crippen LogP contribution is 2.22. The predicted octanol–water partition coefficient (Wildman–Crippen LogP) is 2.90. The summed E-state index contributed by atoms with van der Waals surface area (Å²) in [6.45, 7) is 7.93. The quantitative estimate of drug-likeness (QED) is 0.884. The number of phenols is 1. The molecule has 1 aromatic carbocycles. The SMILES string of the molecule is Cc1cc(NC(=O)c2cccc(O)c2)n(C(C)(C)C)n1. The lowest BCUT2D eigenvalue weighted by Crippen LogP contribution is -2.26. The van der Waals surface area contributed by atoms with Gasteiger partial charge in [-0.3, -0.25) is 4.79 Å². The molecule has 5 heteroatoms. The van der Waals surface area contributed by atoms with Gasteiger partial charge < -0.3 is 10.4 Å². The van der Waals surface area contributed by atoms with E-state index < -0.39 is 0 Å². The highest BCUT2D eigenvalue weighted by Gasteiger charge is 2.20. The van der Waals surface area contributed by atoms with E-state index in [9.17, 15) is 9.90 Å². The van der Waals surface area contributed by atoms with Crippen LogP contribution in [0.1, 0.15) is 36.8 Å². The topological polar surface area (TPSA) is 67.2 Å². The van der Waals surface area contributed by atoms with Crippen LogP contribution in [0.15, 0.2) is 30.3 Å².